The zero-order valence-corrected chi connectivity index (χ0v) is 19.6. The second-order valence-electron chi connectivity index (χ2n) is 6.87. The van der Waals surface area contributed by atoms with Crippen LogP contribution in [0.4, 0.5) is 13.2 Å². The Kier molecular flexibility index (Phi) is 9.76. The predicted molar refractivity (Wildman–Crippen MR) is 119 cm³/mol. The molecule has 0 saturated carbocycles. The Morgan fingerprint density at radius 2 is 1.67 bits per heavy atom. The van der Waals surface area contributed by atoms with Gasteiger partial charge in [0, 0.05) is 36.2 Å². The first-order chi connectivity index (χ1) is 13.2. The van der Waals surface area contributed by atoms with Crippen molar-refractivity contribution in [1.29, 1.82) is 0 Å². The van der Waals surface area contributed by atoms with Gasteiger partial charge in [0.1, 0.15) is 11.5 Å². The third-order valence-corrected chi connectivity index (χ3v) is 6.15. The summed E-state index contributed by atoms with van der Waals surface area (Å²) < 4.78 is 42.3. The van der Waals surface area contributed by atoms with Crippen LogP contribution in [0, 0.1) is 13.8 Å². The van der Waals surface area contributed by atoms with Gasteiger partial charge in [0.2, 0.25) is 0 Å². The number of ether oxygens (including phenoxy) is 1. The van der Waals surface area contributed by atoms with Gasteiger partial charge in [0.05, 0.1) is 6.04 Å². The van der Waals surface area contributed by atoms with Crippen molar-refractivity contribution >= 4 is 40.7 Å². The summed E-state index contributed by atoms with van der Waals surface area (Å²) in [6.45, 7) is 6.97. The molecule has 1 heterocycles. The molecule has 1 saturated heterocycles. The van der Waals surface area contributed by atoms with Gasteiger partial charge in [-0.3, -0.25) is 4.90 Å². The van der Waals surface area contributed by atoms with Crippen molar-refractivity contribution in [3.8, 4) is 11.5 Å². The van der Waals surface area contributed by atoms with E-state index >= 15 is 0 Å². The summed E-state index contributed by atoms with van der Waals surface area (Å²) in [5, 5.41) is 14.0. The number of phenolic OH excluding ortho intramolecular Hbond substituents is 1. The summed E-state index contributed by atoms with van der Waals surface area (Å²) in [5.41, 5.74) is 3.39. The van der Waals surface area contributed by atoms with Gasteiger partial charge < -0.3 is 15.2 Å². The van der Waals surface area contributed by atoms with Crippen molar-refractivity contribution in [3.63, 3.8) is 0 Å². The van der Waals surface area contributed by atoms with E-state index in [1.807, 2.05) is 13.8 Å². The third-order valence-electron chi connectivity index (χ3n) is 4.93. The van der Waals surface area contributed by atoms with E-state index in [9.17, 15) is 18.3 Å². The van der Waals surface area contributed by atoms with E-state index in [4.69, 9.17) is 0 Å². The number of hydrogen-bond donors (Lipinski definition) is 2. The molecular formula is C20H24BrCl2F3N2O2. The van der Waals surface area contributed by atoms with Gasteiger partial charge in [-0.05, 0) is 48.7 Å². The number of halogens is 6. The van der Waals surface area contributed by atoms with Gasteiger partial charge in [0.15, 0.2) is 0 Å². The molecule has 2 aromatic carbocycles. The molecule has 0 spiro atoms. The molecule has 2 N–H and O–H groups in total. The highest BCUT2D eigenvalue weighted by Gasteiger charge is 2.32. The van der Waals surface area contributed by atoms with Crippen molar-refractivity contribution in [2.24, 2.45) is 0 Å². The lowest BCUT2D eigenvalue weighted by Crippen LogP contribution is -2.45. The van der Waals surface area contributed by atoms with E-state index in [-0.39, 0.29) is 42.4 Å². The van der Waals surface area contributed by atoms with Crippen molar-refractivity contribution in [1.82, 2.24) is 10.2 Å². The monoisotopic (exact) mass is 530 g/mol. The molecule has 0 unspecified atom stereocenters. The summed E-state index contributed by atoms with van der Waals surface area (Å²) in [5.74, 6) is -0.0845. The van der Waals surface area contributed by atoms with Crippen LogP contribution in [-0.2, 0) is 0 Å². The molecule has 1 aliphatic heterocycles. The first-order valence-electron chi connectivity index (χ1n) is 8.96. The van der Waals surface area contributed by atoms with E-state index in [0.29, 0.717) is 0 Å². The van der Waals surface area contributed by atoms with Crippen molar-refractivity contribution < 1.29 is 23.0 Å². The second-order valence-corrected chi connectivity index (χ2v) is 7.66. The number of alkyl halides is 3. The highest BCUT2D eigenvalue weighted by Crippen LogP contribution is 2.41. The van der Waals surface area contributed by atoms with Crippen molar-refractivity contribution in [2.75, 3.05) is 26.2 Å². The molecule has 2 aromatic rings. The van der Waals surface area contributed by atoms with Gasteiger partial charge in [-0.15, -0.1) is 38.0 Å². The van der Waals surface area contributed by atoms with E-state index < -0.39 is 6.36 Å². The molecule has 0 aromatic heterocycles. The minimum absolute atomic E-state index is 0. The number of nitrogens with zero attached hydrogens (tertiary/aromatic N) is 1. The SMILES string of the molecule is Cc1cc(O)c([C@@H](c2ccc(OC(F)(F)F)cc2)N2CCNCC2)c(C)c1Br.Cl.Cl. The number of nitrogens with one attached hydrogen (secondary N) is 1. The van der Waals surface area contributed by atoms with Gasteiger partial charge in [0.25, 0.3) is 0 Å². The number of benzene rings is 2. The van der Waals surface area contributed by atoms with Crippen LogP contribution in [0.2, 0.25) is 0 Å². The Bertz CT molecular complexity index is 845. The van der Waals surface area contributed by atoms with E-state index in [2.05, 4.69) is 30.9 Å². The largest absolute Gasteiger partial charge is 0.573 e. The van der Waals surface area contributed by atoms with E-state index in [1.54, 1.807) is 18.2 Å². The molecule has 1 atom stereocenters. The molecule has 0 radical (unpaired) electrons. The Balaban J connectivity index is 0.00000225. The fraction of sp³-hybridized carbons (Fsp3) is 0.400. The topological polar surface area (TPSA) is 44.7 Å². The lowest BCUT2D eigenvalue weighted by atomic mass is 9.91. The second kappa shape index (κ2) is 10.9. The molecule has 168 valence electrons. The number of rotatable bonds is 4. The summed E-state index contributed by atoms with van der Waals surface area (Å²) in [6, 6.07) is 7.31. The van der Waals surface area contributed by atoms with Crippen LogP contribution in [0.5, 0.6) is 11.5 Å². The molecule has 1 fully saturated rings. The lowest BCUT2D eigenvalue weighted by molar-refractivity contribution is -0.274. The van der Waals surface area contributed by atoms with Crippen LogP contribution in [0.3, 0.4) is 0 Å². The van der Waals surface area contributed by atoms with Gasteiger partial charge in [-0.1, -0.05) is 28.1 Å². The Morgan fingerprint density at radius 1 is 1.10 bits per heavy atom. The van der Waals surface area contributed by atoms with Crippen molar-refractivity contribution in [2.45, 2.75) is 26.3 Å². The average molecular weight is 532 g/mol. The number of aromatic hydroxyl groups is 1. The maximum atomic E-state index is 12.5. The Hall–Kier alpha value is -1.19. The summed E-state index contributed by atoms with van der Waals surface area (Å²) in [6.07, 6.45) is -4.73. The number of piperazine rings is 1. The molecule has 0 bridgehead atoms. The smallest absolute Gasteiger partial charge is 0.508 e. The Labute approximate surface area is 194 Å². The molecule has 0 amide bonds. The Morgan fingerprint density at radius 3 is 2.20 bits per heavy atom. The molecular weight excluding hydrogens is 508 g/mol. The molecule has 0 aliphatic carbocycles. The zero-order valence-electron chi connectivity index (χ0n) is 16.4. The first-order valence-corrected chi connectivity index (χ1v) is 9.75. The number of phenols is 1. The maximum absolute atomic E-state index is 12.5. The van der Waals surface area contributed by atoms with Gasteiger partial charge in [-0.2, -0.15) is 0 Å². The third kappa shape index (κ3) is 6.17. The molecule has 30 heavy (non-hydrogen) atoms. The minimum Gasteiger partial charge on any atom is -0.508 e. The first kappa shape index (κ1) is 26.8. The van der Waals surface area contributed by atoms with Crippen LogP contribution in [0.25, 0.3) is 0 Å². The van der Waals surface area contributed by atoms with Crippen molar-refractivity contribution in [3.05, 3.63) is 57.1 Å². The van der Waals surface area contributed by atoms with E-state index in [1.165, 1.54) is 12.1 Å². The summed E-state index contributed by atoms with van der Waals surface area (Å²) in [7, 11) is 0. The van der Waals surface area contributed by atoms with Crippen LogP contribution >= 0.6 is 40.7 Å². The molecule has 1 aliphatic rings. The lowest BCUT2D eigenvalue weighted by Gasteiger charge is -2.37. The van der Waals surface area contributed by atoms with E-state index in [0.717, 1.165) is 52.9 Å². The maximum Gasteiger partial charge on any atom is 0.573 e. The molecule has 4 nitrogen and oxygen atoms in total. The summed E-state index contributed by atoms with van der Waals surface area (Å²) in [4.78, 5) is 2.22. The number of aryl methyl sites for hydroxylation is 1. The standard InChI is InChI=1S/C20H22BrF3N2O2.2ClH/c1-12-11-16(27)17(13(2)18(12)21)19(26-9-7-25-8-10-26)14-3-5-15(6-4-14)28-20(22,23)24;;/h3-6,11,19,25,27H,7-10H2,1-2H3;2*1H/t19-;;/m1../s1. The quantitative estimate of drug-likeness (QED) is 0.546. The fourth-order valence-corrected chi connectivity index (χ4v) is 3.98. The fourth-order valence-electron chi connectivity index (χ4n) is 3.65. The zero-order chi connectivity index (χ0) is 20.5. The van der Waals surface area contributed by atoms with Crippen LogP contribution in [0.1, 0.15) is 28.3 Å². The van der Waals surface area contributed by atoms with Crippen LogP contribution in [0.15, 0.2) is 34.8 Å². The molecule has 10 heteroatoms. The number of hydrogen-bond acceptors (Lipinski definition) is 4. The normalized spacial score (nSPS) is 15.7. The summed E-state index contributed by atoms with van der Waals surface area (Å²) >= 11 is 3.59. The highest BCUT2D eigenvalue weighted by atomic mass is 79.9. The van der Waals surface area contributed by atoms with Crippen LogP contribution in [-0.4, -0.2) is 42.5 Å². The van der Waals surface area contributed by atoms with Crippen LogP contribution < -0.4 is 10.1 Å². The van der Waals surface area contributed by atoms with Gasteiger partial charge >= 0.3 is 6.36 Å². The average Bonchev–Trinajstić information content (AvgIpc) is 2.64. The minimum atomic E-state index is -4.73. The molecule has 3 rings (SSSR count). The van der Waals surface area contributed by atoms with Gasteiger partial charge in [-0.25, -0.2) is 0 Å². The predicted octanol–water partition coefficient (Wildman–Crippen LogP) is 5.51. The highest BCUT2D eigenvalue weighted by molar-refractivity contribution is 9.10.